The zero-order valence-electron chi connectivity index (χ0n) is 8.88. The highest BCUT2D eigenvalue weighted by atomic mass is 16.6. The number of hydrogen-bond donors (Lipinski definition) is 1. The first-order chi connectivity index (χ1) is 7.50. The Morgan fingerprint density at radius 2 is 2.19 bits per heavy atom. The van der Waals surface area contributed by atoms with Crippen molar-refractivity contribution in [2.45, 2.75) is 26.0 Å². The maximum Gasteiger partial charge on any atom is 0.332 e. The van der Waals surface area contributed by atoms with E-state index in [1.54, 1.807) is 6.92 Å². The molecule has 1 rings (SSSR count). The Labute approximate surface area is 92.5 Å². The summed E-state index contributed by atoms with van der Waals surface area (Å²) in [6.07, 6.45) is 2.08. The first-order valence-electron chi connectivity index (χ1n) is 4.92. The number of carbonyl (C=O) groups is 3. The third-order valence-electron chi connectivity index (χ3n) is 2.20. The van der Waals surface area contributed by atoms with Gasteiger partial charge in [-0.3, -0.25) is 4.79 Å². The van der Waals surface area contributed by atoms with Crippen molar-refractivity contribution in [3.63, 3.8) is 0 Å². The number of carbonyl (C=O) groups excluding carboxylic acids is 2. The SMILES string of the molecule is CC(OC(=O)/C=C\C(=O)O)N1CCCC1=O. The number of amides is 1. The van der Waals surface area contributed by atoms with Crippen LogP contribution in [0.2, 0.25) is 0 Å². The predicted octanol–water partition coefficient (Wildman–Crippen LogP) is 0.139. The quantitative estimate of drug-likeness (QED) is 0.545. The lowest BCUT2D eigenvalue weighted by atomic mass is 10.4. The van der Waals surface area contributed by atoms with Crippen LogP contribution in [0.25, 0.3) is 0 Å². The van der Waals surface area contributed by atoms with Gasteiger partial charge in [0.1, 0.15) is 0 Å². The van der Waals surface area contributed by atoms with Crippen LogP contribution < -0.4 is 0 Å². The van der Waals surface area contributed by atoms with Gasteiger partial charge in [0.15, 0.2) is 6.23 Å². The second kappa shape index (κ2) is 5.29. The Morgan fingerprint density at radius 1 is 1.50 bits per heavy atom. The summed E-state index contributed by atoms with van der Waals surface area (Å²) >= 11 is 0. The lowest BCUT2D eigenvalue weighted by Crippen LogP contribution is -2.37. The molecule has 6 heteroatoms. The first-order valence-corrected chi connectivity index (χ1v) is 4.92. The average molecular weight is 227 g/mol. The maximum absolute atomic E-state index is 11.3. The van der Waals surface area contributed by atoms with Crippen molar-refractivity contribution in [3.05, 3.63) is 12.2 Å². The highest BCUT2D eigenvalue weighted by molar-refractivity contribution is 5.90. The predicted molar refractivity (Wildman–Crippen MR) is 53.3 cm³/mol. The van der Waals surface area contributed by atoms with Crippen molar-refractivity contribution >= 4 is 17.8 Å². The molecule has 1 unspecified atom stereocenters. The summed E-state index contributed by atoms with van der Waals surface area (Å²) in [5.74, 6) is -2.04. The molecule has 1 N–H and O–H groups in total. The van der Waals surface area contributed by atoms with Crippen LogP contribution >= 0.6 is 0 Å². The van der Waals surface area contributed by atoms with Gasteiger partial charge in [-0.15, -0.1) is 0 Å². The van der Waals surface area contributed by atoms with E-state index in [1.165, 1.54) is 4.90 Å². The molecule has 0 saturated carbocycles. The van der Waals surface area contributed by atoms with Gasteiger partial charge in [0.25, 0.3) is 0 Å². The number of rotatable bonds is 4. The summed E-state index contributed by atoms with van der Waals surface area (Å²) in [4.78, 5) is 34.0. The molecule has 0 aromatic heterocycles. The number of likely N-dealkylation sites (tertiary alicyclic amines) is 1. The minimum Gasteiger partial charge on any atom is -0.478 e. The van der Waals surface area contributed by atoms with Gasteiger partial charge in [0.2, 0.25) is 5.91 Å². The van der Waals surface area contributed by atoms with Crippen molar-refractivity contribution in [2.75, 3.05) is 6.54 Å². The van der Waals surface area contributed by atoms with E-state index in [2.05, 4.69) is 0 Å². The van der Waals surface area contributed by atoms with E-state index in [1.807, 2.05) is 0 Å². The van der Waals surface area contributed by atoms with Gasteiger partial charge >= 0.3 is 11.9 Å². The summed E-state index contributed by atoms with van der Waals surface area (Å²) in [5.41, 5.74) is 0. The second-order valence-corrected chi connectivity index (χ2v) is 3.40. The molecule has 0 aliphatic carbocycles. The molecule has 0 bridgehead atoms. The fraction of sp³-hybridized carbons (Fsp3) is 0.500. The molecule has 6 nitrogen and oxygen atoms in total. The lowest BCUT2D eigenvalue weighted by molar-refractivity contribution is -0.156. The molecule has 16 heavy (non-hydrogen) atoms. The Morgan fingerprint density at radius 3 is 2.69 bits per heavy atom. The van der Waals surface area contributed by atoms with Gasteiger partial charge in [-0.05, 0) is 13.3 Å². The van der Waals surface area contributed by atoms with Crippen LogP contribution in [0.15, 0.2) is 12.2 Å². The molecule has 88 valence electrons. The molecule has 0 radical (unpaired) electrons. The minimum atomic E-state index is -1.22. The lowest BCUT2D eigenvalue weighted by Gasteiger charge is -2.23. The van der Waals surface area contributed by atoms with Crippen molar-refractivity contribution < 1.29 is 24.2 Å². The van der Waals surface area contributed by atoms with E-state index in [9.17, 15) is 14.4 Å². The third kappa shape index (κ3) is 3.38. The summed E-state index contributed by atoms with van der Waals surface area (Å²) in [6.45, 7) is 2.14. The molecule has 1 amide bonds. The van der Waals surface area contributed by atoms with Gasteiger partial charge in [0, 0.05) is 25.1 Å². The number of esters is 1. The summed E-state index contributed by atoms with van der Waals surface area (Å²) < 4.78 is 4.87. The van der Waals surface area contributed by atoms with Gasteiger partial charge < -0.3 is 14.7 Å². The monoisotopic (exact) mass is 227 g/mol. The molecule has 1 saturated heterocycles. The molecule has 1 aliphatic heterocycles. The molecule has 1 heterocycles. The van der Waals surface area contributed by atoms with Crippen LogP contribution in [0.3, 0.4) is 0 Å². The van der Waals surface area contributed by atoms with E-state index < -0.39 is 18.2 Å². The van der Waals surface area contributed by atoms with Crippen molar-refractivity contribution in [3.8, 4) is 0 Å². The van der Waals surface area contributed by atoms with E-state index in [0.717, 1.165) is 12.5 Å². The number of aliphatic carboxylic acids is 1. The highest BCUT2D eigenvalue weighted by Crippen LogP contribution is 2.14. The summed E-state index contributed by atoms with van der Waals surface area (Å²) in [7, 11) is 0. The van der Waals surface area contributed by atoms with Crippen LogP contribution in [0.4, 0.5) is 0 Å². The van der Waals surface area contributed by atoms with Crippen LogP contribution in [0.1, 0.15) is 19.8 Å². The number of ether oxygens (including phenoxy) is 1. The van der Waals surface area contributed by atoms with Crippen LogP contribution in [0, 0.1) is 0 Å². The molecule has 1 fully saturated rings. The number of nitrogens with zero attached hydrogens (tertiary/aromatic N) is 1. The fourth-order valence-electron chi connectivity index (χ4n) is 1.46. The summed E-state index contributed by atoms with van der Waals surface area (Å²) in [6, 6.07) is 0. The molecule has 1 atom stereocenters. The molecule has 1 aliphatic rings. The first kappa shape index (κ1) is 12.2. The van der Waals surface area contributed by atoms with E-state index in [4.69, 9.17) is 9.84 Å². The average Bonchev–Trinajstić information content (AvgIpc) is 2.61. The van der Waals surface area contributed by atoms with E-state index in [-0.39, 0.29) is 5.91 Å². The van der Waals surface area contributed by atoms with Gasteiger partial charge in [0.05, 0.1) is 0 Å². The zero-order valence-corrected chi connectivity index (χ0v) is 8.88. The van der Waals surface area contributed by atoms with E-state index >= 15 is 0 Å². The molecular formula is C10H13NO5. The van der Waals surface area contributed by atoms with Gasteiger partial charge in [-0.25, -0.2) is 9.59 Å². The summed E-state index contributed by atoms with van der Waals surface area (Å²) in [5, 5.41) is 8.29. The number of carboxylic acid groups (broad SMARTS) is 1. The van der Waals surface area contributed by atoms with Gasteiger partial charge in [-0.2, -0.15) is 0 Å². The standard InChI is InChI=1S/C10H13NO5/c1-7(11-6-2-3-8(11)12)16-10(15)5-4-9(13)14/h4-5,7H,2-3,6H2,1H3,(H,13,14)/b5-4-. The van der Waals surface area contributed by atoms with Crippen molar-refractivity contribution in [1.29, 1.82) is 0 Å². The normalized spacial score (nSPS) is 17.8. The Bertz CT molecular complexity index is 336. The molecule has 0 spiro atoms. The number of carboxylic acids is 1. The Hall–Kier alpha value is -1.85. The van der Waals surface area contributed by atoms with Crippen molar-refractivity contribution in [2.24, 2.45) is 0 Å². The second-order valence-electron chi connectivity index (χ2n) is 3.40. The van der Waals surface area contributed by atoms with Crippen LogP contribution in [-0.4, -0.2) is 40.6 Å². The minimum absolute atomic E-state index is 0.0532. The fourth-order valence-corrected chi connectivity index (χ4v) is 1.46. The van der Waals surface area contributed by atoms with Crippen molar-refractivity contribution in [1.82, 2.24) is 4.90 Å². The zero-order chi connectivity index (χ0) is 12.1. The topological polar surface area (TPSA) is 83.9 Å². The Balaban J connectivity index is 2.44. The molecular weight excluding hydrogens is 214 g/mol. The third-order valence-corrected chi connectivity index (χ3v) is 2.20. The number of hydrogen-bond acceptors (Lipinski definition) is 4. The van der Waals surface area contributed by atoms with E-state index in [0.29, 0.717) is 19.0 Å². The largest absolute Gasteiger partial charge is 0.478 e. The van der Waals surface area contributed by atoms with Gasteiger partial charge in [-0.1, -0.05) is 0 Å². The Kier molecular flexibility index (Phi) is 4.04. The molecule has 0 aromatic carbocycles. The maximum atomic E-state index is 11.3. The van der Waals surface area contributed by atoms with Crippen LogP contribution in [-0.2, 0) is 19.1 Å². The van der Waals surface area contributed by atoms with Crippen LogP contribution in [0.5, 0.6) is 0 Å². The smallest absolute Gasteiger partial charge is 0.332 e. The highest BCUT2D eigenvalue weighted by Gasteiger charge is 2.26. The molecule has 0 aromatic rings.